The Labute approximate surface area is 490 Å². The van der Waals surface area contributed by atoms with E-state index < -0.39 is 6.10 Å². The fraction of sp³-hybridized carbons (Fsp3) is 0.767. The summed E-state index contributed by atoms with van der Waals surface area (Å²) in [6, 6.07) is 0. The van der Waals surface area contributed by atoms with Crippen molar-refractivity contribution in [2.45, 2.75) is 348 Å². The van der Waals surface area contributed by atoms with Crippen molar-refractivity contribution >= 4 is 17.9 Å². The van der Waals surface area contributed by atoms with E-state index in [4.69, 9.17) is 14.2 Å². The van der Waals surface area contributed by atoms with E-state index >= 15 is 0 Å². The van der Waals surface area contributed by atoms with Gasteiger partial charge in [0.1, 0.15) is 13.2 Å². The summed E-state index contributed by atoms with van der Waals surface area (Å²) >= 11 is 0. The molecule has 0 heterocycles. The van der Waals surface area contributed by atoms with Crippen molar-refractivity contribution in [3.05, 3.63) is 85.1 Å². The van der Waals surface area contributed by atoms with Gasteiger partial charge in [-0.2, -0.15) is 0 Å². The van der Waals surface area contributed by atoms with Gasteiger partial charge in [0.15, 0.2) is 6.10 Å². The highest BCUT2D eigenvalue weighted by atomic mass is 16.6. The van der Waals surface area contributed by atoms with Crippen molar-refractivity contribution in [1.82, 2.24) is 0 Å². The lowest BCUT2D eigenvalue weighted by Crippen LogP contribution is -2.30. The van der Waals surface area contributed by atoms with Crippen LogP contribution in [0.1, 0.15) is 342 Å². The first-order valence-electron chi connectivity index (χ1n) is 34.1. The highest BCUT2D eigenvalue weighted by Gasteiger charge is 2.19. The largest absolute Gasteiger partial charge is 0.462 e. The lowest BCUT2D eigenvalue weighted by Gasteiger charge is -2.18. The summed E-state index contributed by atoms with van der Waals surface area (Å²) in [5.74, 6) is -0.864. The Balaban J connectivity index is 4.17. The number of hydrogen-bond acceptors (Lipinski definition) is 6. The Kier molecular flexibility index (Phi) is 64.2. The van der Waals surface area contributed by atoms with Crippen molar-refractivity contribution in [3.8, 4) is 0 Å². The second-order valence-corrected chi connectivity index (χ2v) is 22.7. The van der Waals surface area contributed by atoms with Crippen molar-refractivity contribution < 1.29 is 28.6 Å². The fourth-order valence-corrected chi connectivity index (χ4v) is 9.84. The molecule has 6 heteroatoms. The molecular weight excluding hydrogens is 973 g/mol. The molecule has 0 saturated carbocycles. The van der Waals surface area contributed by atoms with Gasteiger partial charge in [-0.1, -0.05) is 331 Å². The average molecular weight is 1100 g/mol. The molecule has 1 unspecified atom stereocenters. The molecular formula is C73H128O6. The third kappa shape index (κ3) is 65.3. The number of allylic oxidation sites excluding steroid dienone is 14. The Morgan fingerprint density at radius 1 is 0.266 bits per heavy atom. The molecule has 0 aromatic heterocycles. The molecule has 456 valence electrons. The first kappa shape index (κ1) is 75.6. The van der Waals surface area contributed by atoms with Crippen LogP contribution >= 0.6 is 0 Å². The lowest BCUT2D eigenvalue weighted by atomic mass is 10.0. The topological polar surface area (TPSA) is 78.9 Å². The van der Waals surface area contributed by atoms with Crippen LogP contribution < -0.4 is 0 Å². The summed E-state index contributed by atoms with van der Waals surface area (Å²) in [4.78, 5) is 38.2. The van der Waals surface area contributed by atoms with Gasteiger partial charge in [0.2, 0.25) is 0 Å². The van der Waals surface area contributed by atoms with Crippen LogP contribution in [-0.2, 0) is 28.6 Å². The molecule has 1 atom stereocenters. The first-order chi connectivity index (χ1) is 39.0. The van der Waals surface area contributed by atoms with Gasteiger partial charge >= 0.3 is 17.9 Å². The van der Waals surface area contributed by atoms with Gasteiger partial charge in [-0.15, -0.1) is 0 Å². The maximum atomic E-state index is 12.9. The Morgan fingerprint density at radius 3 is 0.772 bits per heavy atom. The number of rotatable bonds is 62. The quantitative estimate of drug-likeness (QED) is 0.0261. The van der Waals surface area contributed by atoms with Crippen molar-refractivity contribution in [3.63, 3.8) is 0 Å². The summed E-state index contributed by atoms with van der Waals surface area (Å²) in [5, 5.41) is 0. The molecule has 0 N–H and O–H groups in total. The van der Waals surface area contributed by atoms with Crippen LogP contribution in [0.15, 0.2) is 85.1 Å². The Bertz CT molecular complexity index is 1500. The van der Waals surface area contributed by atoms with Crippen LogP contribution in [-0.4, -0.2) is 37.2 Å². The number of carbonyl (C=O) groups is 3. The lowest BCUT2D eigenvalue weighted by molar-refractivity contribution is -0.167. The van der Waals surface area contributed by atoms with Gasteiger partial charge in [0.25, 0.3) is 0 Å². The zero-order valence-electron chi connectivity index (χ0n) is 52.4. The minimum atomic E-state index is -0.775. The van der Waals surface area contributed by atoms with E-state index in [9.17, 15) is 14.4 Å². The molecule has 0 aromatic carbocycles. The van der Waals surface area contributed by atoms with Crippen LogP contribution in [0, 0.1) is 0 Å². The standard InChI is InChI=1S/C73H128O6/c1-4-7-10-13-16-19-21-23-25-27-29-31-32-33-34-35-36-37-38-39-40-42-43-45-47-49-51-54-57-60-63-66-72(75)78-69-70(68-77-71(74)65-62-59-56-53-18-15-12-9-6-3)79-73(76)67-64-61-58-55-52-50-48-46-44-41-30-28-26-24-22-20-17-14-11-8-5-2/h7,10,16,19,23,25,29,31,33-34,36-37,39-40,70H,4-6,8-9,11-15,17-18,20-22,24,26-28,30,32,35,38,41-69H2,1-3H3/b10-7-,19-16-,25-23-,31-29-,34-33-,37-36-,40-39-. The number of unbranched alkanes of at least 4 members (excludes halogenated alkanes) is 37. The van der Waals surface area contributed by atoms with Gasteiger partial charge in [0.05, 0.1) is 0 Å². The average Bonchev–Trinajstić information content (AvgIpc) is 3.45. The maximum absolute atomic E-state index is 12.9. The molecule has 0 aliphatic heterocycles. The number of carbonyl (C=O) groups excluding carboxylic acids is 3. The van der Waals surface area contributed by atoms with Crippen LogP contribution in [0.4, 0.5) is 0 Å². The predicted octanol–water partition coefficient (Wildman–Crippen LogP) is 23.4. The molecule has 0 saturated heterocycles. The normalized spacial score (nSPS) is 12.6. The van der Waals surface area contributed by atoms with E-state index in [1.165, 1.54) is 193 Å². The predicted molar refractivity (Wildman–Crippen MR) is 344 cm³/mol. The van der Waals surface area contributed by atoms with Crippen LogP contribution in [0.2, 0.25) is 0 Å². The van der Waals surface area contributed by atoms with Gasteiger partial charge in [0, 0.05) is 19.3 Å². The SMILES string of the molecule is CC/C=C\C/C=C\C/C=C\C/C=C\C/C=C\C/C=C\C/C=C\CCCCCCCCCCCC(=O)OCC(COC(=O)CCCCCCCCCCC)OC(=O)CCCCCCCCCCCCCCCCCCCCCCC. The maximum Gasteiger partial charge on any atom is 0.306 e. The van der Waals surface area contributed by atoms with Gasteiger partial charge in [-0.3, -0.25) is 14.4 Å². The van der Waals surface area contributed by atoms with Crippen molar-refractivity contribution in [1.29, 1.82) is 0 Å². The molecule has 0 spiro atoms. The minimum absolute atomic E-state index is 0.0731. The minimum Gasteiger partial charge on any atom is -0.462 e. The summed E-state index contributed by atoms with van der Waals surface area (Å²) in [5.41, 5.74) is 0. The van der Waals surface area contributed by atoms with Crippen molar-refractivity contribution in [2.75, 3.05) is 13.2 Å². The number of ether oxygens (including phenoxy) is 3. The van der Waals surface area contributed by atoms with E-state index in [1.54, 1.807) is 0 Å². The van der Waals surface area contributed by atoms with Crippen molar-refractivity contribution in [2.24, 2.45) is 0 Å². The molecule has 0 amide bonds. The molecule has 0 aliphatic carbocycles. The zero-order valence-corrected chi connectivity index (χ0v) is 52.4. The summed E-state index contributed by atoms with van der Waals surface area (Å²) in [6.45, 7) is 6.55. The molecule has 0 radical (unpaired) electrons. The molecule has 0 rings (SSSR count). The third-order valence-corrected chi connectivity index (χ3v) is 14.9. The van der Waals surface area contributed by atoms with Gasteiger partial charge < -0.3 is 14.2 Å². The van der Waals surface area contributed by atoms with E-state index in [1.807, 2.05) is 0 Å². The molecule has 0 fully saturated rings. The summed E-state index contributed by atoms with van der Waals surface area (Å²) in [7, 11) is 0. The van der Waals surface area contributed by atoms with E-state index in [-0.39, 0.29) is 31.1 Å². The third-order valence-electron chi connectivity index (χ3n) is 14.9. The van der Waals surface area contributed by atoms with Crippen LogP contribution in [0.25, 0.3) is 0 Å². The second kappa shape index (κ2) is 67.1. The van der Waals surface area contributed by atoms with E-state index in [0.29, 0.717) is 19.3 Å². The summed E-state index contributed by atoms with van der Waals surface area (Å²) < 4.78 is 16.9. The molecule has 0 aromatic rings. The van der Waals surface area contributed by atoms with Crippen LogP contribution in [0.5, 0.6) is 0 Å². The zero-order chi connectivity index (χ0) is 57.1. The Morgan fingerprint density at radius 2 is 0.494 bits per heavy atom. The fourth-order valence-electron chi connectivity index (χ4n) is 9.84. The molecule has 79 heavy (non-hydrogen) atoms. The monoisotopic (exact) mass is 1100 g/mol. The molecule has 6 nitrogen and oxygen atoms in total. The van der Waals surface area contributed by atoms with E-state index in [2.05, 4.69) is 106 Å². The molecule has 0 aliphatic rings. The van der Waals surface area contributed by atoms with Gasteiger partial charge in [-0.05, 0) is 77.0 Å². The van der Waals surface area contributed by atoms with Crippen LogP contribution in [0.3, 0.4) is 0 Å². The van der Waals surface area contributed by atoms with E-state index in [0.717, 1.165) is 109 Å². The Hall–Kier alpha value is -3.41. The smallest absolute Gasteiger partial charge is 0.306 e. The second-order valence-electron chi connectivity index (χ2n) is 22.7. The number of esters is 3. The summed E-state index contributed by atoms with van der Waals surface area (Å²) in [6.07, 6.45) is 89.0. The first-order valence-corrected chi connectivity index (χ1v) is 34.1. The molecule has 0 bridgehead atoms. The van der Waals surface area contributed by atoms with Gasteiger partial charge in [-0.25, -0.2) is 0 Å². The number of hydrogen-bond donors (Lipinski definition) is 0. The highest BCUT2D eigenvalue weighted by molar-refractivity contribution is 5.71. The highest BCUT2D eigenvalue weighted by Crippen LogP contribution is 2.18.